The molecule has 0 aromatic rings. The van der Waals surface area contributed by atoms with Gasteiger partial charge in [-0.3, -0.25) is 9.59 Å². The van der Waals surface area contributed by atoms with Gasteiger partial charge >= 0.3 is 0 Å². The van der Waals surface area contributed by atoms with Crippen LogP contribution < -0.4 is 5.32 Å². The number of nitrogens with zero attached hydrogens (tertiary/aromatic N) is 1. The van der Waals surface area contributed by atoms with Crippen LogP contribution >= 0.6 is 0 Å². The second-order valence-corrected chi connectivity index (χ2v) is 7.53. The highest BCUT2D eigenvalue weighted by Crippen LogP contribution is 2.42. The first-order valence-electron chi connectivity index (χ1n) is 8.08. The molecule has 0 aromatic heterocycles. The summed E-state index contributed by atoms with van der Waals surface area (Å²) in [7, 11) is 0. The molecule has 2 atom stereocenters. The van der Waals surface area contributed by atoms with Gasteiger partial charge in [0.1, 0.15) is 5.54 Å². The first kappa shape index (κ1) is 14.8. The van der Waals surface area contributed by atoms with Crippen LogP contribution in [0.1, 0.15) is 52.9 Å². The molecule has 21 heavy (non-hydrogen) atoms. The third-order valence-corrected chi connectivity index (χ3v) is 5.19. The van der Waals surface area contributed by atoms with Crippen molar-refractivity contribution in [3.8, 4) is 0 Å². The molecular weight excluding hydrogens is 268 g/mol. The van der Waals surface area contributed by atoms with Crippen LogP contribution in [0.2, 0.25) is 0 Å². The summed E-state index contributed by atoms with van der Waals surface area (Å²) in [6.45, 7) is 7.28. The van der Waals surface area contributed by atoms with Crippen LogP contribution in [-0.4, -0.2) is 47.0 Å². The Hall–Kier alpha value is -1.10. The number of carbonyl (C=O) groups is 2. The number of ether oxygens (including phenoxy) is 1. The van der Waals surface area contributed by atoms with Gasteiger partial charge in [0.15, 0.2) is 0 Å². The van der Waals surface area contributed by atoms with E-state index in [1.165, 1.54) is 0 Å². The molecule has 5 heteroatoms. The summed E-state index contributed by atoms with van der Waals surface area (Å²) in [6.07, 6.45) is 4.19. The molecule has 2 amide bonds. The largest absolute Gasteiger partial charge is 0.375 e. The van der Waals surface area contributed by atoms with E-state index in [0.29, 0.717) is 25.5 Å². The molecule has 1 saturated carbocycles. The molecule has 2 unspecified atom stereocenters. The predicted octanol–water partition coefficient (Wildman–Crippen LogP) is 1.46. The zero-order valence-electron chi connectivity index (χ0n) is 13.3. The Labute approximate surface area is 126 Å². The highest BCUT2D eigenvalue weighted by atomic mass is 16.5. The van der Waals surface area contributed by atoms with Gasteiger partial charge < -0.3 is 15.0 Å². The summed E-state index contributed by atoms with van der Waals surface area (Å²) in [6, 6.07) is 0.187. The molecule has 3 rings (SSSR count). The smallest absolute Gasteiger partial charge is 0.248 e. The summed E-state index contributed by atoms with van der Waals surface area (Å²) in [5, 5.41) is 3.00. The van der Waals surface area contributed by atoms with Crippen molar-refractivity contribution in [1.29, 1.82) is 0 Å². The lowest BCUT2D eigenvalue weighted by Gasteiger charge is -2.43. The van der Waals surface area contributed by atoms with Gasteiger partial charge in [-0.1, -0.05) is 0 Å². The average molecular weight is 294 g/mol. The van der Waals surface area contributed by atoms with E-state index in [2.05, 4.69) is 19.2 Å². The third kappa shape index (κ3) is 2.80. The van der Waals surface area contributed by atoms with E-state index in [-0.39, 0.29) is 23.5 Å². The van der Waals surface area contributed by atoms with Gasteiger partial charge in [0.2, 0.25) is 11.8 Å². The molecule has 118 valence electrons. The fourth-order valence-electron chi connectivity index (χ4n) is 3.78. The minimum absolute atomic E-state index is 0.00608. The molecule has 3 fully saturated rings. The van der Waals surface area contributed by atoms with Crippen molar-refractivity contribution in [1.82, 2.24) is 10.2 Å². The van der Waals surface area contributed by atoms with Gasteiger partial charge in [-0.05, 0) is 52.4 Å². The third-order valence-electron chi connectivity index (χ3n) is 5.19. The molecule has 1 N–H and O–H groups in total. The van der Waals surface area contributed by atoms with Gasteiger partial charge in [-0.25, -0.2) is 0 Å². The van der Waals surface area contributed by atoms with Crippen LogP contribution in [0, 0.1) is 5.92 Å². The van der Waals surface area contributed by atoms with Crippen LogP contribution in [-0.2, 0) is 14.3 Å². The summed E-state index contributed by atoms with van der Waals surface area (Å²) < 4.78 is 5.77. The molecular formula is C16H26N2O3. The lowest BCUT2D eigenvalue weighted by molar-refractivity contribution is -0.146. The van der Waals surface area contributed by atoms with Gasteiger partial charge in [-0.2, -0.15) is 0 Å². The molecule has 2 aliphatic heterocycles. The molecule has 0 bridgehead atoms. The maximum absolute atomic E-state index is 13.1. The van der Waals surface area contributed by atoms with Gasteiger partial charge in [-0.15, -0.1) is 0 Å². The van der Waals surface area contributed by atoms with E-state index >= 15 is 0 Å². The van der Waals surface area contributed by atoms with E-state index in [9.17, 15) is 9.59 Å². The quantitative estimate of drug-likeness (QED) is 0.839. The topological polar surface area (TPSA) is 58.6 Å². The van der Waals surface area contributed by atoms with Crippen LogP contribution in [0.5, 0.6) is 0 Å². The fraction of sp³-hybridized carbons (Fsp3) is 0.875. The molecule has 0 spiro atoms. The van der Waals surface area contributed by atoms with E-state index in [4.69, 9.17) is 4.74 Å². The molecule has 2 saturated heterocycles. The van der Waals surface area contributed by atoms with E-state index < -0.39 is 5.54 Å². The minimum atomic E-state index is -0.698. The van der Waals surface area contributed by atoms with Crippen LogP contribution in [0.15, 0.2) is 0 Å². The molecule has 0 aromatic carbocycles. The first-order valence-corrected chi connectivity index (χ1v) is 8.08. The number of carbonyl (C=O) groups excluding carboxylic acids is 2. The summed E-state index contributed by atoms with van der Waals surface area (Å²) in [4.78, 5) is 27.1. The predicted molar refractivity (Wildman–Crippen MR) is 78.7 cm³/mol. The van der Waals surface area contributed by atoms with Crippen LogP contribution in [0.25, 0.3) is 0 Å². The molecule has 3 aliphatic rings. The van der Waals surface area contributed by atoms with Crippen molar-refractivity contribution in [3.05, 3.63) is 0 Å². The Morgan fingerprint density at radius 3 is 2.52 bits per heavy atom. The molecule has 2 heterocycles. The van der Waals surface area contributed by atoms with E-state index in [1.807, 2.05) is 11.8 Å². The zero-order chi connectivity index (χ0) is 15.3. The molecule has 5 nitrogen and oxygen atoms in total. The fourth-order valence-corrected chi connectivity index (χ4v) is 3.78. The summed E-state index contributed by atoms with van der Waals surface area (Å²) in [5.74, 6) is 0.424. The highest BCUT2D eigenvalue weighted by Gasteiger charge is 2.52. The lowest BCUT2D eigenvalue weighted by atomic mass is 9.89. The van der Waals surface area contributed by atoms with E-state index in [1.54, 1.807) is 0 Å². The van der Waals surface area contributed by atoms with Crippen molar-refractivity contribution in [2.75, 3.05) is 13.2 Å². The van der Waals surface area contributed by atoms with Gasteiger partial charge in [0.05, 0.1) is 5.60 Å². The average Bonchev–Trinajstić information content (AvgIpc) is 3.21. The summed E-state index contributed by atoms with van der Waals surface area (Å²) >= 11 is 0. The SMILES string of the molecule is CC1(C)CC(N2CCC(=O)NC(C)(C3CC3)C2=O)CCO1. The Kier molecular flexibility index (Phi) is 3.51. The number of rotatable bonds is 2. The zero-order valence-corrected chi connectivity index (χ0v) is 13.3. The minimum Gasteiger partial charge on any atom is -0.375 e. The standard InChI is InChI=1S/C16H26N2O3/c1-15(2)10-12(7-9-21-15)18-8-6-13(19)17-16(3,14(18)20)11-4-5-11/h11-12H,4-10H2,1-3H3,(H,17,19). The van der Waals surface area contributed by atoms with Crippen molar-refractivity contribution in [2.24, 2.45) is 5.92 Å². The van der Waals surface area contributed by atoms with Crippen molar-refractivity contribution in [3.63, 3.8) is 0 Å². The Morgan fingerprint density at radius 2 is 1.90 bits per heavy atom. The van der Waals surface area contributed by atoms with Crippen molar-refractivity contribution >= 4 is 11.8 Å². The normalized spacial score (nSPS) is 37.1. The summed E-state index contributed by atoms with van der Waals surface area (Å²) in [5.41, 5.74) is -0.890. The van der Waals surface area contributed by atoms with Crippen molar-refractivity contribution in [2.45, 2.75) is 70.1 Å². The van der Waals surface area contributed by atoms with E-state index in [0.717, 1.165) is 25.7 Å². The molecule has 1 aliphatic carbocycles. The first-order chi connectivity index (χ1) is 9.82. The second-order valence-electron chi connectivity index (χ2n) is 7.53. The number of nitrogens with one attached hydrogen (secondary N) is 1. The Bertz CT molecular complexity index is 458. The second kappa shape index (κ2) is 4.97. The van der Waals surface area contributed by atoms with Crippen molar-refractivity contribution < 1.29 is 14.3 Å². The number of hydrogen-bond acceptors (Lipinski definition) is 3. The van der Waals surface area contributed by atoms with Crippen LogP contribution in [0.3, 0.4) is 0 Å². The van der Waals surface area contributed by atoms with Gasteiger partial charge in [0, 0.05) is 25.6 Å². The maximum Gasteiger partial charge on any atom is 0.248 e. The highest BCUT2D eigenvalue weighted by molar-refractivity contribution is 5.94. The number of hydrogen-bond donors (Lipinski definition) is 1. The maximum atomic E-state index is 13.1. The number of amides is 2. The Balaban J connectivity index is 1.83. The Morgan fingerprint density at radius 1 is 1.19 bits per heavy atom. The van der Waals surface area contributed by atoms with Crippen LogP contribution in [0.4, 0.5) is 0 Å². The van der Waals surface area contributed by atoms with Gasteiger partial charge in [0.25, 0.3) is 0 Å². The monoisotopic (exact) mass is 294 g/mol. The molecule has 0 radical (unpaired) electrons. The lowest BCUT2D eigenvalue weighted by Crippen LogP contribution is -2.59.